The molecular weight excluding hydrogens is 729 g/mol. The summed E-state index contributed by atoms with van der Waals surface area (Å²) in [6.07, 6.45) is -4.26. The molecule has 1 aromatic heterocycles. The number of alkyl halides is 3. The molecule has 5 heterocycles. The number of ether oxygens (including phenoxy) is 2. The number of carbonyl (C=O) groups excluding carboxylic acids is 3. The zero-order chi connectivity index (χ0) is 38.9. The van der Waals surface area contributed by atoms with Crippen molar-refractivity contribution in [3.63, 3.8) is 0 Å². The molecule has 4 aliphatic rings. The van der Waals surface area contributed by atoms with Gasteiger partial charge in [-0.1, -0.05) is 61.3 Å². The van der Waals surface area contributed by atoms with Crippen LogP contribution in [0, 0.1) is 12.3 Å². The highest BCUT2D eigenvalue weighted by Crippen LogP contribution is 2.27. The summed E-state index contributed by atoms with van der Waals surface area (Å²) in [5, 5.41) is 11.7. The number of benzene rings is 3. The van der Waals surface area contributed by atoms with E-state index in [9.17, 15) is 27.6 Å². The van der Waals surface area contributed by atoms with Gasteiger partial charge in [0.1, 0.15) is 5.75 Å². The minimum Gasteiger partial charge on any atom is -0.492 e. The van der Waals surface area contributed by atoms with E-state index in [-0.39, 0.29) is 57.1 Å². The molecule has 0 spiro atoms. The van der Waals surface area contributed by atoms with Crippen molar-refractivity contribution in [1.29, 1.82) is 0 Å². The third-order valence-corrected chi connectivity index (χ3v) is 8.36. The molecule has 17 heteroatoms. The maximum Gasteiger partial charge on any atom is 0.422 e. The molecule has 6 bridgehead atoms. The molecule has 0 fully saturated rings. The molecule has 0 unspecified atom stereocenters. The van der Waals surface area contributed by atoms with E-state index in [1.54, 1.807) is 42.5 Å². The molecule has 0 radical (unpaired) electrons. The Morgan fingerprint density at radius 3 is 2.43 bits per heavy atom. The Morgan fingerprint density at radius 2 is 1.72 bits per heavy atom. The molecule has 3 aromatic carbocycles. The van der Waals surface area contributed by atoms with Crippen molar-refractivity contribution in [2.45, 2.75) is 46.5 Å². The predicted molar refractivity (Wildman–Crippen MR) is 196 cm³/mol. The fourth-order valence-corrected chi connectivity index (χ4v) is 5.54. The van der Waals surface area contributed by atoms with Crippen molar-refractivity contribution in [2.75, 3.05) is 43.5 Å². The molecule has 0 atom stereocenters. The number of hydrogen-bond acceptors (Lipinski definition) is 10. The lowest BCUT2D eigenvalue weighted by Gasteiger charge is -2.32. The largest absolute Gasteiger partial charge is 0.492 e. The Hall–Kier alpha value is -5.64. The summed E-state index contributed by atoms with van der Waals surface area (Å²) >= 11 is 6.52. The van der Waals surface area contributed by atoms with Crippen molar-refractivity contribution in [3.8, 4) is 11.8 Å². The van der Waals surface area contributed by atoms with Crippen molar-refractivity contribution < 1.29 is 37.0 Å². The van der Waals surface area contributed by atoms with Crippen LogP contribution >= 0.6 is 11.6 Å². The molecule has 8 rings (SSSR count). The van der Waals surface area contributed by atoms with Crippen molar-refractivity contribution >= 4 is 46.9 Å². The Labute approximate surface area is 315 Å². The van der Waals surface area contributed by atoms with Gasteiger partial charge in [-0.05, 0) is 66.3 Å². The number of aryl methyl sites for hydroxylation is 1. The smallest absolute Gasteiger partial charge is 0.422 e. The lowest BCUT2D eigenvalue weighted by molar-refractivity contribution is -0.154. The van der Waals surface area contributed by atoms with Gasteiger partial charge in [-0.25, -0.2) is 0 Å². The number of hydrogen-bond donors (Lipinski definition) is 4. The van der Waals surface area contributed by atoms with E-state index < -0.39 is 36.0 Å². The number of halogens is 4. The first-order chi connectivity index (χ1) is 25.6. The third-order valence-electron chi connectivity index (χ3n) is 8.06. The number of amides is 3. The van der Waals surface area contributed by atoms with Crippen LogP contribution in [0.15, 0.2) is 66.7 Å². The number of nitrogens with one attached hydrogen (secondary N) is 4. The maximum absolute atomic E-state index is 13.5. The monoisotopic (exact) mass is 768 g/mol. The van der Waals surface area contributed by atoms with Gasteiger partial charge in [-0.3, -0.25) is 14.4 Å². The second-order valence-electron chi connectivity index (χ2n) is 13.4. The number of anilines is 3. The minimum atomic E-state index is -4.62. The second kappa shape index (κ2) is 17.5. The summed E-state index contributed by atoms with van der Waals surface area (Å²) in [5.41, 5.74) is 2.70. The standard InChI is InChI=1S/C37H40ClF3N8O5/c1-23-5-7-24(8-6-23)18-42-31(51)32(52)49-15-4-16-53-29-14-9-25(17-28(29)38)19-43-33-46-34(48-35(47-33)54-22-37(39,40)41)45-27-12-10-26(11-13-27)30(50)44-20-36(2,3)21-49/h5-14,17H,4,15-16,18-22H2,1-3H3,(H,42,51)(H,44,50)(H2,43,45,46,47,48). The fraction of sp³-hybridized carbons (Fsp3) is 0.351. The van der Waals surface area contributed by atoms with Gasteiger partial charge in [0.25, 0.3) is 5.91 Å². The van der Waals surface area contributed by atoms with Crippen molar-refractivity contribution in [1.82, 2.24) is 30.5 Å². The van der Waals surface area contributed by atoms with Crippen LogP contribution in [0.3, 0.4) is 0 Å². The highest BCUT2D eigenvalue weighted by molar-refractivity contribution is 6.35. The summed E-state index contributed by atoms with van der Waals surface area (Å²) in [4.78, 5) is 53.4. The van der Waals surface area contributed by atoms with Crippen LogP contribution in [0.1, 0.15) is 47.3 Å². The van der Waals surface area contributed by atoms with Gasteiger partial charge in [-0.2, -0.15) is 28.1 Å². The number of aromatic nitrogens is 3. The van der Waals surface area contributed by atoms with Crippen LogP contribution in [0.5, 0.6) is 11.8 Å². The van der Waals surface area contributed by atoms with Crippen LogP contribution < -0.4 is 30.7 Å². The Morgan fingerprint density at radius 1 is 1.00 bits per heavy atom. The average molecular weight is 769 g/mol. The van der Waals surface area contributed by atoms with E-state index in [1.807, 2.05) is 45.0 Å². The summed E-state index contributed by atoms with van der Waals surface area (Å²) in [6.45, 7) is 5.09. The quantitative estimate of drug-likeness (QED) is 0.187. The first-order valence-electron chi connectivity index (χ1n) is 17.0. The van der Waals surface area contributed by atoms with Crippen LogP contribution in [0.25, 0.3) is 0 Å². The van der Waals surface area contributed by atoms with Crippen LogP contribution in [0.2, 0.25) is 5.02 Å². The molecule has 4 N–H and O–H groups in total. The summed E-state index contributed by atoms with van der Waals surface area (Å²) < 4.78 is 49.4. The second-order valence-corrected chi connectivity index (χ2v) is 13.8. The Kier molecular flexibility index (Phi) is 12.8. The Bertz CT molecular complexity index is 1950. The summed E-state index contributed by atoms with van der Waals surface area (Å²) in [7, 11) is 0. The highest BCUT2D eigenvalue weighted by atomic mass is 35.5. The lowest BCUT2D eigenvalue weighted by atomic mass is 9.92. The van der Waals surface area contributed by atoms with Crippen LogP contribution in [0.4, 0.5) is 30.8 Å². The van der Waals surface area contributed by atoms with Gasteiger partial charge in [0.05, 0.1) is 11.6 Å². The molecule has 13 nitrogen and oxygen atoms in total. The van der Waals surface area contributed by atoms with E-state index >= 15 is 0 Å². The van der Waals surface area contributed by atoms with Gasteiger partial charge in [0.15, 0.2) is 6.61 Å². The molecule has 3 amide bonds. The maximum atomic E-state index is 13.5. The summed E-state index contributed by atoms with van der Waals surface area (Å²) in [5.74, 6) is -1.64. The van der Waals surface area contributed by atoms with E-state index in [4.69, 9.17) is 21.1 Å². The molecule has 0 saturated carbocycles. The first kappa shape index (κ1) is 39.6. The predicted octanol–water partition coefficient (Wildman–Crippen LogP) is 5.81. The average Bonchev–Trinajstić information content (AvgIpc) is 3.13. The van der Waals surface area contributed by atoms with Gasteiger partial charge in [0.2, 0.25) is 11.9 Å². The number of nitrogens with zero attached hydrogens (tertiary/aromatic N) is 4. The van der Waals surface area contributed by atoms with Gasteiger partial charge < -0.3 is 35.6 Å². The van der Waals surface area contributed by atoms with Crippen LogP contribution in [-0.2, 0) is 22.7 Å². The minimum absolute atomic E-state index is 0.0721. The number of carbonyl (C=O) groups is 3. The van der Waals surface area contributed by atoms with E-state index in [0.29, 0.717) is 34.0 Å². The molecule has 286 valence electrons. The highest BCUT2D eigenvalue weighted by Gasteiger charge is 2.30. The Balaban J connectivity index is 1.35. The van der Waals surface area contributed by atoms with E-state index in [2.05, 4.69) is 36.2 Å². The molecule has 4 aromatic rings. The zero-order valence-electron chi connectivity index (χ0n) is 29.8. The van der Waals surface area contributed by atoms with Gasteiger partial charge >= 0.3 is 24.0 Å². The third kappa shape index (κ3) is 11.9. The van der Waals surface area contributed by atoms with Gasteiger partial charge in [-0.15, -0.1) is 0 Å². The summed E-state index contributed by atoms with van der Waals surface area (Å²) in [6, 6.07) is 18.4. The normalized spacial score (nSPS) is 15.2. The van der Waals surface area contributed by atoms with E-state index in [0.717, 1.165) is 11.1 Å². The zero-order valence-corrected chi connectivity index (χ0v) is 30.6. The SMILES string of the molecule is Cc1ccc(CNC(=O)C(=O)N2CCCOc3ccc(cc3Cl)CNc3nc(nc(OCC(F)(F)F)n3)Nc3ccc(cc3)C(=O)NCC(C)(C)C2)cc1. The molecule has 0 aliphatic carbocycles. The first-order valence-corrected chi connectivity index (χ1v) is 17.4. The fourth-order valence-electron chi connectivity index (χ4n) is 5.28. The lowest BCUT2D eigenvalue weighted by Crippen LogP contribution is -2.49. The van der Waals surface area contributed by atoms with Gasteiger partial charge in [0, 0.05) is 44.0 Å². The van der Waals surface area contributed by atoms with Crippen LogP contribution in [-0.4, -0.2) is 76.6 Å². The molecular formula is C37H40ClF3N8O5. The molecule has 54 heavy (non-hydrogen) atoms. The van der Waals surface area contributed by atoms with Crippen molar-refractivity contribution in [3.05, 3.63) is 94.0 Å². The number of rotatable bonds is 4. The molecule has 4 aliphatic heterocycles. The molecule has 0 saturated heterocycles. The topological polar surface area (TPSA) is 160 Å². The van der Waals surface area contributed by atoms with Crippen molar-refractivity contribution in [2.24, 2.45) is 5.41 Å². The van der Waals surface area contributed by atoms with E-state index in [1.165, 1.54) is 4.90 Å².